The van der Waals surface area contributed by atoms with Gasteiger partial charge in [0.2, 0.25) is 5.91 Å². The zero-order valence-corrected chi connectivity index (χ0v) is 10.7. The van der Waals surface area contributed by atoms with Crippen molar-refractivity contribution in [2.45, 2.75) is 38.7 Å². The van der Waals surface area contributed by atoms with Crippen molar-refractivity contribution in [1.29, 1.82) is 0 Å². The topological polar surface area (TPSA) is 64.3 Å². The lowest BCUT2D eigenvalue weighted by atomic mass is 10.2. The molecule has 0 spiro atoms. The molecule has 4 heteroatoms. The molecular weight excluding hydrogens is 228 g/mol. The highest BCUT2D eigenvalue weighted by Crippen LogP contribution is 2.27. The third-order valence-corrected chi connectivity index (χ3v) is 3.26. The quantitative estimate of drug-likeness (QED) is 0.858. The minimum atomic E-state index is -0.178. The molecule has 1 aliphatic carbocycles. The molecule has 0 atom stereocenters. The van der Waals surface area contributed by atoms with Crippen LogP contribution in [0.15, 0.2) is 18.2 Å². The van der Waals surface area contributed by atoms with Crippen LogP contribution in [-0.4, -0.2) is 18.6 Å². The fourth-order valence-electron chi connectivity index (χ4n) is 2.25. The van der Waals surface area contributed by atoms with Gasteiger partial charge in [-0.05, 0) is 56.4 Å². The number of aryl methyl sites for hydroxylation is 1. The fourth-order valence-corrected chi connectivity index (χ4v) is 2.25. The zero-order chi connectivity index (χ0) is 13.0. The maximum Gasteiger partial charge on any atom is 0.238 e. The summed E-state index contributed by atoms with van der Waals surface area (Å²) in [7, 11) is 0. The van der Waals surface area contributed by atoms with Crippen LogP contribution in [0.5, 0.6) is 5.75 Å². The fraction of sp³-hybridized carbons (Fsp3) is 0.500. The number of anilines is 1. The molecule has 18 heavy (non-hydrogen) atoms. The van der Waals surface area contributed by atoms with Crippen molar-refractivity contribution in [3.63, 3.8) is 0 Å². The van der Waals surface area contributed by atoms with Gasteiger partial charge in [0.15, 0.2) is 0 Å². The van der Waals surface area contributed by atoms with Gasteiger partial charge in [-0.25, -0.2) is 0 Å². The number of rotatable bonds is 4. The predicted molar refractivity (Wildman–Crippen MR) is 71.7 cm³/mol. The molecule has 0 aliphatic heterocycles. The Labute approximate surface area is 108 Å². The van der Waals surface area contributed by atoms with Crippen molar-refractivity contribution in [2.75, 3.05) is 11.9 Å². The minimum Gasteiger partial charge on any atom is -0.490 e. The van der Waals surface area contributed by atoms with E-state index in [-0.39, 0.29) is 12.5 Å². The van der Waals surface area contributed by atoms with Gasteiger partial charge < -0.3 is 15.8 Å². The lowest BCUT2D eigenvalue weighted by molar-refractivity contribution is -0.114. The second kappa shape index (κ2) is 5.87. The van der Waals surface area contributed by atoms with E-state index in [1.54, 1.807) is 0 Å². The van der Waals surface area contributed by atoms with E-state index in [1.807, 2.05) is 25.1 Å². The van der Waals surface area contributed by atoms with Crippen LogP contribution < -0.4 is 15.8 Å². The van der Waals surface area contributed by atoms with E-state index in [0.29, 0.717) is 6.10 Å². The maximum absolute atomic E-state index is 11.2. The molecule has 1 aliphatic rings. The Morgan fingerprint density at radius 1 is 1.44 bits per heavy atom. The van der Waals surface area contributed by atoms with Crippen LogP contribution in [0.25, 0.3) is 0 Å². The molecule has 2 rings (SSSR count). The Morgan fingerprint density at radius 2 is 2.17 bits per heavy atom. The number of nitrogens with one attached hydrogen (secondary N) is 1. The molecule has 0 bridgehead atoms. The van der Waals surface area contributed by atoms with Crippen molar-refractivity contribution in [3.8, 4) is 5.75 Å². The first kappa shape index (κ1) is 12.9. The third-order valence-electron chi connectivity index (χ3n) is 3.26. The Kier molecular flexibility index (Phi) is 4.20. The van der Waals surface area contributed by atoms with Crippen molar-refractivity contribution >= 4 is 11.6 Å². The highest BCUT2D eigenvalue weighted by molar-refractivity contribution is 5.92. The molecule has 1 amide bonds. The van der Waals surface area contributed by atoms with Crippen molar-refractivity contribution < 1.29 is 9.53 Å². The molecule has 1 saturated carbocycles. The number of nitrogens with two attached hydrogens (primary N) is 1. The summed E-state index contributed by atoms with van der Waals surface area (Å²) in [6, 6.07) is 5.73. The van der Waals surface area contributed by atoms with Gasteiger partial charge in [-0.1, -0.05) is 0 Å². The first-order valence-corrected chi connectivity index (χ1v) is 6.46. The summed E-state index contributed by atoms with van der Waals surface area (Å²) in [5.41, 5.74) is 7.06. The number of hydrogen-bond acceptors (Lipinski definition) is 3. The van der Waals surface area contributed by atoms with Gasteiger partial charge in [-0.2, -0.15) is 0 Å². The SMILES string of the molecule is Cc1cc(OC2CCCC2)ccc1NC(=O)CN. The zero-order valence-electron chi connectivity index (χ0n) is 10.7. The van der Waals surface area contributed by atoms with Crippen molar-refractivity contribution in [3.05, 3.63) is 23.8 Å². The smallest absolute Gasteiger partial charge is 0.238 e. The Morgan fingerprint density at radius 3 is 2.78 bits per heavy atom. The van der Waals surface area contributed by atoms with E-state index >= 15 is 0 Å². The average Bonchev–Trinajstić information content (AvgIpc) is 2.85. The molecular formula is C14H20N2O2. The first-order valence-electron chi connectivity index (χ1n) is 6.46. The van der Waals surface area contributed by atoms with Crippen LogP contribution in [0.4, 0.5) is 5.69 Å². The Bertz CT molecular complexity index is 426. The van der Waals surface area contributed by atoms with E-state index in [4.69, 9.17) is 10.5 Å². The van der Waals surface area contributed by atoms with Crippen LogP contribution in [0.3, 0.4) is 0 Å². The summed E-state index contributed by atoms with van der Waals surface area (Å²) in [6.45, 7) is 1.95. The minimum absolute atomic E-state index is 0.000233. The van der Waals surface area contributed by atoms with Gasteiger partial charge in [-0.15, -0.1) is 0 Å². The number of hydrogen-bond donors (Lipinski definition) is 2. The molecule has 1 aromatic carbocycles. The summed E-state index contributed by atoms with van der Waals surface area (Å²) in [5.74, 6) is 0.702. The second-order valence-electron chi connectivity index (χ2n) is 4.75. The summed E-state index contributed by atoms with van der Waals surface area (Å²) in [5, 5.41) is 2.76. The lowest BCUT2D eigenvalue weighted by Crippen LogP contribution is -2.22. The summed E-state index contributed by atoms with van der Waals surface area (Å²) < 4.78 is 5.91. The van der Waals surface area contributed by atoms with Gasteiger partial charge in [0.1, 0.15) is 5.75 Å². The van der Waals surface area contributed by atoms with Crippen LogP contribution in [0, 0.1) is 6.92 Å². The van der Waals surface area contributed by atoms with Gasteiger partial charge in [0.05, 0.1) is 12.6 Å². The monoisotopic (exact) mass is 248 g/mol. The maximum atomic E-state index is 11.2. The van der Waals surface area contributed by atoms with Crippen LogP contribution in [0.2, 0.25) is 0 Å². The van der Waals surface area contributed by atoms with Gasteiger partial charge in [0.25, 0.3) is 0 Å². The highest BCUT2D eigenvalue weighted by Gasteiger charge is 2.16. The second-order valence-corrected chi connectivity index (χ2v) is 4.75. The lowest BCUT2D eigenvalue weighted by Gasteiger charge is -2.15. The van der Waals surface area contributed by atoms with E-state index in [1.165, 1.54) is 12.8 Å². The normalized spacial score (nSPS) is 15.7. The number of carbonyl (C=O) groups excluding carboxylic acids is 1. The Hall–Kier alpha value is -1.55. The average molecular weight is 248 g/mol. The Balaban J connectivity index is 2.02. The summed E-state index contributed by atoms with van der Waals surface area (Å²) >= 11 is 0. The standard InChI is InChI=1S/C14H20N2O2/c1-10-8-12(18-11-4-2-3-5-11)6-7-13(10)16-14(17)9-15/h6-8,11H,2-5,9,15H2,1H3,(H,16,17). The summed E-state index contributed by atoms with van der Waals surface area (Å²) in [6.07, 6.45) is 5.16. The molecule has 0 radical (unpaired) electrons. The van der Waals surface area contributed by atoms with Gasteiger partial charge >= 0.3 is 0 Å². The number of amides is 1. The van der Waals surface area contributed by atoms with Crippen molar-refractivity contribution in [2.24, 2.45) is 5.73 Å². The van der Waals surface area contributed by atoms with Crippen molar-refractivity contribution in [1.82, 2.24) is 0 Å². The van der Waals surface area contributed by atoms with Crippen LogP contribution in [0.1, 0.15) is 31.2 Å². The third kappa shape index (κ3) is 3.23. The van der Waals surface area contributed by atoms with Gasteiger partial charge in [-0.3, -0.25) is 4.79 Å². The molecule has 98 valence electrons. The van der Waals surface area contributed by atoms with E-state index in [2.05, 4.69) is 5.32 Å². The molecule has 0 saturated heterocycles. The van der Waals surface area contributed by atoms with Gasteiger partial charge in [0, 0.05) is 5.69 Å². The van der Waals surface area contributed by atoms with E-state index < -0.39 is 0 Å². The number of carbonyl (C=O) groups is 1. The van der Waals surface area contributed by atoms with Crippen LogP contribution in [-0.2, 0) is 4.79 Å². The molecule has 4 nitrogen and oxygen atoms in total. The van der Waals surface area contributed by atoms with E-state index in [0.717, 1.165) is 29.8 Å². The molecule has 1 fully saturated rings. The molecule has 0 unspecified atom stereocenters. The van der Waals surface area contributed by atoms with E-state index in [9.17, 15) is 4.79 Å². The summed E-state index contributed by atoms with van der Waals surface area (Å²) in [4.78, 5) is 11.2. The molecule has 0 aromatic heterocycles. The molecule has 0 heterocycles. The predicted octanol–water partition coefficient (Wildman–Crippen LogP) is 2.21. The molecule has 1 aromatic rings. The first-order chi connectivity index (χ1) is 8.69. The number of benzene rings is 1. The highest BCUT2D eigenvalue weighted by atomic mass is 16.5. The van der Waals surface area contributed by atoms with Crippen LogP contribution >= 0.6 is 0 Å². The number of ether oxygens (including phenoxy) is 1. The molecule has 3 N–H and O–H groups in total. The largest absolute Gasteiger partial charge is 0.490 e.